The van der Waals surface area contributed by atoms with Crippen LogP contribution in [0.15, 0.2) is 24.3 Å². The predicted octanol–water partition coefficient (Wildman–Crippen LogP) is 2.93. The maximum Gasteiger partial charge on any atom is 0.243 e. The molecule has 0 bridgehead atoms. The molecule has 1 amide bonds. The minimum Gasteiger partial charge on any atom is -0.497 e. The van der Waals surface area contributed by atoms with Gasteiger partial charge in [-0.2, -0.15) is 0 Å². The van der Waals surface area contributed by atoms with Crippen molar-refractivity contribution in [3.8, 4) is 5.75 Å². The maximum absolute atomic E-state index is 11.9. The van der Waals surface area contributed by atoms with Gasteiger partial charge in [0.05, 0.1) is 7.11 Å². The van der Waals surface area contributed by atoms with Crippen LogP contribution in [0.4, 0.5) is 5.69 Å². The van der Waals surface area contributed by atoms with E-state index in [1.54, 1.807) is 7.11 Å². The number of carbonyl (C=O) groups excluding carboxylic acids is 1. The topological polar surface area (TPSA) is 64.3 Å². The number of ether oxygens (including phenoxy) is 1. The highest BCUT2D eigenvalue weighted by Crippen LogP contribution is 2.27. The summed E-state index contributed by atoms with van der Waals surface area (Å²) >= 11 is 0. The van der Waals surface area contributed by atoms with Crippen molar-refractivity contribution < 1.29 is 9.53 Å². The average molecular weight is 264 g/mol. The van der Waals surface area contributed by atoms with E-state index in [-0.39, 0.29) is 5.91 Å². The Balaban J connectivity index is 3.00. The fraction of sp³-hybridized carbons (Fsp3) is 0.533. The molecule has 106 valence electrons. The third-order valence-corrected chi connectivity index (χ3v) is 3.28. The third-order valence-electron chi connectivity index (χ3n) is 3.28. The molecule has 0 aliphatic rings. The van der Waals surface area contributed by atoms with Gasteiger partial charge in [-0.1, -0.05) is 32.8 Å². The summed E-state index contributed by atoms with van der Waals surface area (Å²) < 4.78 is 5.19. The zero-order valence-corrected chi connectivity index (χ0v) is 12.0. The lowest BCUT2D eigenvalue weighted by atomic mass is 9.87. The lowest BCUT2D eigenvalue weighted by molar-refractivity contribution is -0.122. The van der Waals surface area contributed by atoms with Crippen LogP contribution in [0.5, 0.6) is 5.75 Å². The van der Waals surface area contributed by atoms with Gasteiger partial charge in [0, 0.05) is 11.8 Å². The summed E-state index contributed by atoms with van der Waals surface area (Å²) in [5.41, 5.74) is 5.82. The van der Waals surface area contributed by atoms with Crippen molar-refractivity contribution >= 4 is 11.6 Å². The first kappa shape index (κ1) is 15.3. The van der Waals surface area contributed by atoms with Crippen LogP contribution in [0.2, 0.25) is 0 Å². The van der Waals surface area contributed by atoms with Gasteiger partial charge in [0.1, 0.15) is 11.3 Å². The zero-order chi connectivity index (χ0) is 14.3. The Kier molecular flexibility index (Phi) is 5.67. The minimum atomic E-state index is -0.671. The van der Waals surface area contributed by atoms with Crippen molar-refractivity contribution in [1.29, 1.82) is 0 Å². The number of nitrogens with two attached hydrogens (primary N) is 1. The second kappa shape index (κ2) is 7.02. The van der Waals surface area contributed by atoms with Gasteiger partial charge in [0.25, 0.3) is 0 Å². The summed E-state index contributed by atoms with van der Waals surface area (Å²) in [5, 5.41) is 3.31. The molecule has 3 N–H and O–H groups in total. The van der Waals surface area contributed by atoms with Crippen LogP contribution in [0.1, 0.15) is 39.5 Å². The van der Waals surface area contributed by atoms with Gasteiger partial charge >= 0.3 is 0 Å². The molecule has 1 aromatic carbocycles. The van der Waals surface area contributed by atoms with Crippen LogP contribution in [0.25, 0.3) is 0 Å². The summed E-state index contributed by atoms with van der Waals surface area (Å²) in [6.07, 6.45) is 3.26. The molecule has 0 unspecified atom stereocenters. The van der Waals surface area contributed by atoms with Crippen molar-refractivity contribution in [2.45, 2.75) is 45.1 Å². The van der Waals surface area contributed by atoms with Crippen molar-refractivity contribution in [3.05, 3.63) is 24.3 Å². The van der Waals surface area contributed by atoms with Gasteiger partial charge in [-0.3, -0.25) is 4.79 Å². The molecule has 19 heavy (non-hydrogen) atoms. The Labute approximate surface area is 115 Å². The largest absolute Gasteiger partial charge is 0.497 e. The molecule has 1 aromatic rings. The molecule has 0 aliphatic carbocycles. The number of hydrogen-bond acceptors (Lipinski definition) is 3. The molecule has 1 rings (SSSR count). The number of amides is 1. The number of methoxy groups -OCH3 is 1. The molecule has 0 atom stereocenters. The number of hydrogen-bond donors (Lipinski definition) is 2. The molecule has 0 spiro atoms. The summed E-state index contributed by atoms with van der Waals surface area (Å²) in [7, 11) is 1.62. The average Bonchev–Trinajstić information content (AvgIpc) is 2.39. The molecule has 0 aromatic heterocycles. The third kappa shape index (κ3) is 3.88. The maximum atomic E-state index is 11.9. The van der Waals surface area contributed by atoms with Gasteiger partial charge in [0.15, 0.2) is 0 Å². The second-order valence-corrected chi connectivity index (χ2v) is 4.80. The first-order valence-corrected chi connectivity index (χ1v) is 6.80. The monoisotopic (exact) mass is 264 g/mol. The SMILES string of the molecule is CCCC(CCC)(Nc1cccc(OC)c1)C(N)=O. The highest BCUT2D eigenvalue weighted by Gasteiger charge is 2.34. The lowest BCUT2D eigenvalue weighted by Crippen LogP contribution is -2.50. The number of rotatable bonds is 8. The van der Waals surface area contributed by atoms with E-state index in [1.807, 2.05) is 24.3 Å². The first-order chi connectivity index (χ1) is 9.07. The lowest BCUT2D eigenvalue weighted by Gasteiger charge is -2.32. The molecular formula is C15H24N2O2. The van der Waals surface area contributed by atoms with Crippen LogP contribution < -0.4 is 15.8 Å². The van der Waals surface area contributed by atoms with Crippen LogP contribution in [-0.4, -0.2) is 18.6 Å². The standard InChI is InChI=1S/C15H24N2O2/c1-4-9-15(10-5-2,14(16)18)17-12-7-6-8-13(11-12)19-3/h6-8,11,17H,4-5,9-10H2,1-3H3,(H2,16,18). The Hall–Kier alpha value is -1.71. The minimum absolute atomic E-state index is 0.293. The van der Waals surface area contributed by atoms with Crippen molar-refractivity contribution in [3.63, 3.8) is 0 Å². The highest BCUT2D eigenvalue weighted by atomic mass is 16.5. The zero-order valence-electron chi connectivity index (χ0n) is 12.0. The second-order valence-electron chi connectivity index (χ2n) is 4.80. The fourth-order valence-electron chi connectivity index (χ4n) is 2.39. The van der Waals surface area contributed by atoms with Gasteiger partial charge in [-0.05, 0) is 25.0 Å². The van der Waals surface area contributed by atoms with Crippen molar-refractivity contribution in [2.24, 2.45) is 5.73 Å². The summed E-state index contributed by atoms with van der Waals surface area (Å²) in [6.45, 7) is 4.11. The van der Waals surface area contributed by atoms with E-state index < -0.39 is 5.54 Å². The van der Waals surface area contributed by atoms with E-state index in [0.29, 0.717) is 0 Å². The van der Waals surface area contributed by atoms with Gasteiger partial charge < -0.3 is 15.8 Å². The molecule has 0 saturated heterocycles. The Bertz CT molecular complexity index is 412. The van der Waals surface area contributed by atoms with Gasteiger partial charge in [-0.15, -0.1) is 0 Å². The predicted molar refractivity (Wildman–Crippen MR) is 78.4 cm³/mol. The van der Waals surface area contributed by atoms with E-state index >= 15 is 0 Å². The fourth-order valence-corrected chi connectivity index (χ4v) is 2.39. The number of nitrogens with one attached hydrogen (secondary N) is 1. The van der Waals surface area contributed by atoms with E-state index in [4.69, 9.17) is 10.5 Å². The van der Waals surface area contributed by atoms with Crippen LogP contribution in [0.3, 0.4) is 0 Å². The Morgan fingerprint density at radius 1 is 1.32 bits per heavy atom. The van der Waals surface area contributed by atoms with E-state index in [2.05, 4.69) is 19.2 Å². The molecule has 0 aliphatic heterocycles. The number of benzene rings is 1. The smallest absolute Gasteiger partial charge is 0.243 e. The van der Waals surface area contributed by atoms with Gasteiger partial charge in [0.2, 0.25) is 5.91 Å². The molecule has 0 radical (unpaired) electrons. The summed E-state index contributed by atoms with van der Waals surface area (Å²) in [4.78, 5) is 11.9. The molecular weight excluding hydrogens is 240 g/mol. The molecule has 0 saturated carbocycles. The van der Waals surface area contributed by atoms with Crippen LogP contribution in [0, 0.1) is 0 Å². The number of primary amides is 1. The van der Waals surface area contributed by atoms with E-state index in [0.717, 1.165) is 37.1 Å². The van der Waals surface area contributed by atoms with E-state index in [9.17, 15) is 4.79 Å². The highest BCUT2D eigenvalue weighted by molar-refractivity contribution is 5.88. The molecule has 0 fully saturated rings. The molecule has 0 heterocycles. The summed E-state index contributed by atoms with van der Waals surface area (Å²) in [5.74, 6) is 0.468. The van der Waals surface area contributed by atoms with E-state index in [1.165, 1.54) is 0 Å². The van der Waals surface area contributed by atoms with Gasteiger partial charge in [-0.25, -0.2) is 0 Å². The number of anilines is 1. The van der Waals surface area contributed by atoms with Crippen LogP contribution in [-0.2, 0) is 4.79 Å². The number of carbonyl (C=O) groups is 1. The Morgan fingerprint density at radius 2 is 1.95 bits per heavy atom. The molecule has 4 nitrogen and oxygen atoms in total. The quantitative estimate of drug-likeness (QED) is 0.758. The van der Waals surface area contributed by atoms with Crippen LogP contribution >= 0.6 is 0 Å². The molecule has 4 heteroatoms. The first-order valence-electron chi connectivity index (χ1n) is 6.80. The van der Waals surface area contributed by atoms with Crippen molar-refractivity contribution in [1.82, 2.24) is 0 Å². The Morgan fingerprint density at radius 3 is 2.42 bits per heavy atom. The van der Waals surface area contributed by atoms with Crippen molar-refractivity contribution in [2.75, 3.05) is 12.4 Å². The summed E-state index contributed by atoms with van der Waals surface area (Å²) in [6, 6.07) is 7.57. The normalized spacial score (nSPS) is 11.1.